The molecule has 0 saturated carbocycles. The van der Waals surface area contributed by atoms with E-state index in [-0.39, 0.29) is 17.2 Å². The van der Waals surface area contributed by atoms with Crippen molar-refractivity contribution < 1.29 is 14.0 Å². The van der Waals surface area contributed by atoms with Crippen molar-refractivity contribution in [3.05, 3.63) is 59.9 Å². The molecule has 2 aromatic carbocycles. The topological polar surface area (TPSA) is 58.2 Å². The lowest BCUT2D eigenvalue weighted by Gasteiger charge is -2.12. The predicted octanol–water partition coefficient (Wildman–Crippen LogP) is 3.82. The predicted molar refractivity (Wildman–Crippen MR) is 84.3 cm³/mol. The summed E-state index contributed by atoms with van der Waals surface area (Å²) >= 11 is 0. The van der Waals surface area contributed by atoms with E-state index in [1.807, 2.05) is 13.0 Å². The van der Waals surface area contributed by atoms with Crippen molar-refractivity contribution in [1.29, 1.82) is 0 Å². The molecule has 0 radical (unpaired) electrons. The maximum Gasteiger partial charge on any atom is 0.260 e. The number of carbonyl (C=O) groups excluding carboxylic acids is 2. The Morgan fingerprint density at radius 3 is 2.41 bits per heavy atom. The van der Waals surface area contributed by atoms with E-state index in [0.29, 0.717) is 18.5 Å². The van der Waals surface area contributed by atoms with Gasteiger partial charge in [0.25, 0.3) is 5.91 Å². The summed E-state index contributed by atoms with van der Waals surface area (Å²) in [6.07, 6.45) is 0.989. The summed E-state index contributed by atoms with van der Waals surface area (Å²) in [7, 11) is 0. The highest BCUT2D eigenvalue weighted by molar-refractivity contribution is 6.10. The molecule has 0 aliphatic rings. The van der Waals surface area contributed by atoms with E-state index in [2.05, 4.69) is 10.6 Å². The zero-order chi connectivity index (χ0) is 15.9. The third kappa shape index (κ3) is 3.91. The lowest BCUT2D eigenvalue weighted by molar-refractivity contribution is -0.116. The van der Waals surface area contributed by atoms with Crippen LogP contribution in [0.5, 0.6) is 0 Å². The Morgan fingerprint density at radius 2 is 1.73 bits per heavy atom. The fourth-order valence-electron chi connectivity index (χ4n) is 2.01. The molecule has 2 amide bonds. The summed E-state index contributed by atoms with van der Waals surface area (Å²) in [5.41, 5.74) is 0.560. The molecule has 0 fully saturated rings. The first-order valence-corrected chi connectivity index (χ1v) is 7.06. The van der Waals surface area contributed by atoms with E-state index in [9.17, 15) is 14.0 Å². The number of hydrogen-bond acceptors (Lipinski definition) is 2. The van der Waals surface area contributed by atoms with Gasteiger partial charge in [-0.25, -0.2) is 4.39 Å². The Hall–Kier alpha value is -2.69. The third-order valence-corrected chi connectivity index (χ3v) is 3.02. The Kier molecular flexibility index (Phi) is 5.25. The first-order valence-electron chi connectivity index (χ1n) is 7.06. The fourth-order valence-corrected chi connectivity index (χ4v) is 2.01. The largest absolute Gasteiger partial charge is 0.325 e. The van der Waals surface area contributed by atoms with Gasteiger partial charge < -0.3 is 10.6 Å². The van der Waals surface area contributed by atoms with Gasteiger partial charge in [0.2, 0.25) is 5.91 Å². The van der Waals surface area contributed by atoms with Gasteiger partial charge in [-0.3, -0.25) is 9.59 Å². The van der Waals surface area contributed by atoms with Crippen LogP contribution in [0.25, 0.3) is 0 Å². The Labute approximate surface area is 128 Å². The average molecular weight is 300 g/mol. The average Bonchev–Trinajstić information content (AvgIpc) is 2.48. The monoisotopic (exact) mass is 300 g/mol. The van der Waals surface area contributed by atoms with Crippen LogP contribution in [-0.4, -0.2) is 11.8 Å². The molecular formula is C17H17FN2O2. The second-order valence-corrected chi connectivity index (χ2v) is 4.78. The van der Waals surface area contributed by atoms with Gasteiger partial charge in [0.05, 0.1) is 11.3 Å². The minimum Gasteiger partial charge on any atom is -0.325 e. The van der Waals surface area contributed by atoms with Crippen molar-refractivity contribution in [3.8, 4) is 0 Å². The van der Waals surface area contributed by atoms with E-state index in [1.54, 1.807) is 24.3 Å². The Bertz CT molecular complexity index is 672. The molecule has 2 N–H and O–H groups in total. The van der Waals surface area contributed by atoms with Gasteiger partial charge in [0.15, 0.2) is 0 Å². The number of carbonyl (C=O) groups is 2. The van der Waals surface area contributed by atoms with Crippen LogP contribution in [0.2, 0.25) is 0 Å². The van der Waals surface area contributed by atoms with Crippen molar-refractivity contribution in [2.24, 2.45) is 0 Å². The maximum atomic E-state index is 14.0. The van der Waals surface area contributed by atoms with E-state index < -0.39 is 11.7 Å². The molecular weight excluding hydrogens is 283 g/mol. The molecule has 0 atom stereocenters. The van der Waals surface area contributed by atoms with Crippen molar-refractivity contribution in [1.82, 2.24) is 0 Å². The maximum absolute atomic E-state index is 14.0. The third-order valence-electron chi connectivity index (χ3n) is 3.02. The Morgan fingerprint density at radius 1 is 1.00 bits per heavy atom. The number of rotatable bonds is 5. The lowest BCUT2D eigenvalue weighted by Crippen LogP contribution is -2.19. The van der Waals surface area contributed by atoms with Crippen LogP contribution in [0, 0.1) is 5.82 Å². The minimum atomic E-state index is -0.678. The number of anilines is 2. The molecule has 2 aromatic rings. The van der Waals surface area contributed by atoms with Crippen LogP contribution in [0.15, 0.2) is 48.5 Å². The molecule has 0 aliphatic carbocycles. The zero-order valence-corrected chi connectivity index (χ0v) is 12.2. The molecule has 0 bridgehead atoms. The molecule has 0 aromatic heterocycles. The lowest BCUT2D eigenvalue weighted by atomic mass is 10.1. The van der Waals surface area contributed by atoms with Gasteiger partial charge in [-0.1, -0.05) is 31.2 Å². The summed E-state index contributed by atoms with van der Waals surface area (Å²) in [6, 6.07) is 12.9. The molecule has 0 aliphatic heterocycles. The smallest absolute Gasteiger partial charge is 0.260 e. The summed E-state index contributed by atoms with van der Waals surface area (Å²) in [5.74, 6) is -1.53. The van der Waals surface area contributed by atoms with Gasteiger partial charge in [0.1, 0.15) is 5.82 Å². The summed E-state index contributed by atoms with van der Waals surface area (Å²) in [5, 5.41) is 5.19. The molecule has 114 valence electrons. The quantitative estimate of drug-likeness (QED) is 0.882. The number of hydrogen-bond donors (Lipinski definition) is 2. The first-order chi connectivity index (χ1) is 10.6. The van der Waals surface area contributed by atoms with E-state index in [4.69, 9.17) is 0 Å². The van der Waals surface area contributed by atoms with Gasteiger partial charge in [-0.15, -0.1) is 0 Å². The first kappa shape index (κ1) is 15.7. The minimum absolute atomic E-state index is 0.171. The highest BCUT2D eigenvalue weighted by Crippen LogP contribution is 2.21. The van der Waals surface area contributed by atoms with Crippen molar-refractivity contribution in [2.45, 2.75) is 19.8 Å². The summed E-state index contributed by atoms with van der Waals surface area (Å²) in [6.45, 7) is 1.87. The summed E-state index contributed by atoms with van der Waals surface area (Å²) in [4.78, 5) is 24.0. The molecule has 2 rings (SSSR count). The molecule has 0 spiro atoms. The van der Waals surface area contributed by atoms with Crippen LogP contribution < -0.4 is 10.6 Å². The van der Waals surface area contributed by atoms with Crippen molar-refractivity contribution in [3.63, 3.8) is 0 Å². The van der Waals surface area contributed by atoms with Gasteiger partial charge >= 0.3 is 0 Å². The molecule has 0 heterocycles. The Balaban J connectivity index is 2.25. The van der Waals surface area contributed by atoms with Crippen LogP contribution >= 0.6 is 0 Å². The number of amides is 2. The van der Waals surface area contributed by atoms with E-state index >= 15 is 0 Å². The molecule has 4 nitrogen and oxygen atoms in total. The molecule has 0 unspecified atom stereocenters. The number of para-hydroxylation sites is 1. The molecule has 22 heavy (non-hydrogen) atoms. The number of halogens is 1. The number of benzene rings is 2. The van der Waals surface area contributed by atoms with E-state index in [0.717, 1.165) is 0 Å². The van der Waals surface area contributed by atoms with Crippen molar-refractivity contribution >= 4 is 23.2 Å². The van der Waals surface area contributed by atoms with Crippen LogP contribution in [-0.2, 0) is 4.79 Å². The van der Waals surface area contributed by atoms with Gasteiger partial charge in [-0.2, -0.15) is 0 Å². The summed E-state index contributed by atoms with van der Waals surface area (Å²) < 4.78 is 14.0. The second kappa shape index (κ2) is 7.36. The molecule has 0 saturated heterocycles. The van der Waals surface area contributed by atoms with Crippen LogP contribution in [0.4, 0.5) is 15.8 Å². The standard InChI is InChI=1S/C17H17FN2O2/c1-2-7-15(21)20-14-11-6-10-13(18)16(14)17(22)19-12-8-4-3-5-9-12/h3-6,8-11H,2,7H2,1H3,(H,19,22)(H,20,21). The SMILES string of the molecule is CCCC(=O)Nc1cccc(F)c1C(=O)Nc1ccccc1. The van der Waals surface area contributed by atoms with Crippen LogP contribution in [0.1, 0.15) is 30.1 Å². The highest BCUT2D eigenvalue weighted by Gasteiger charge is 2.18. The van der Waals surface area contributed by atoms with Crippen LogP contribution in [0.3, 0.4) is 0 Å². The normalized spacial score (nSPS) is 10.1. The fraction of sp³-hybridized carbons (Fsp3) is 0.176. The van der Waals surface area contributed by atoms with Gasteiger partial charge in [-0.05, 0) is 30.7 Å². The van der Waals surface area contributed by atoms with Crippen molar-refractivity contribution in [2.75, 3.05) is 10.6 Å². The number of nitrogens with one attached hydrogen (secondary N) is 2. The second-order valence-electron chi connectivity index (χ2n) is 4.78. The van der Waals surface area contributed by atoms with E-state index in [1.165, 1.54) is 18.2 Å². The highest BCUT2D eigenvalue weighted by atomic mass is 19.1. The zero-order valence-electron chi connectivity index (χ0n) is 12.2. The van der Waals surface area contributed by atoms with Gasteiger partial charge in [0, 0.05) is 12.1 Å². The molecule has 5 heteroatoms.